The number of ether oxygens (including phenoxy) is 1. The number of likely N-dealkylation sites (tertiary alicyclic amines) is 1. The van der Waals surface area contributed by atoms with Crippen molar-refractivity contribution in [2.75, 3.05) is 26.2 Å². The number of phenolic OH excluding ortho intramolecular Hbond substituents is 1. The van der Waals surface area contributed by atoms with E-state index in [9.17, 15) is 9.90 Å². The number of phenols is 1. The van der Waals surface area contributed by atoms with E-state index in [1.54, 1.807) is 0 Å². The first-order chi connectivity index (χ1) is 12.3. The van der Waals surface area contributed by atoms with Gasteiger partial charge >= 0.3 is 0 Å². The minimum absolute atomic E-state index is 0.121. The molecule has 2 saturated heterocycles. The minimum Gasteiger partial charge on any atom is -0.508 e. The highest BCUT2D eigenvalue weighted by molar-refractivity contribution is 5.79. The van der Waals surface area contributed by atoms with Crippen LogP contribution in [0, 0.1) is 19.8 Å². The van der Waals surface area contributed by atoms with Crippen molar-refractivity contribution in [2.24, 2.45) is 5.92 Å². The van der Waals surface area contributed by atoms with Crippen LogP contribution in [-0.4, -0.2) is 59.2 Å². The van der Waals surface area contributed by atoms with Gasteiger partial charge in [0.05, 0.1) is 12.2 Å². The Kier molecular flexibility index (Phi) is 5.88. The lowest BCUT2D eigenvalue weighted by Gasteiger charge is -2.39. The summed E-state index contributed by atoms with van der Waals surface area (Å²) in [6.45, 7) is 12.1. The normalized spacial score (nSPS) is 25.5. The van der Waals surface area contributed by atoms with Gasteiger partial charge in [-0.05, 0) is 70.8 Å². The molecule has 0 saturated carbocycles. The number of hydrogen-bond donors (Lipinski definition) is 1. The zero-order valence-electron chi connectivity index (χ0n) is 16.5. The van der Waals surface area contributed by atoms with Crippen molar-refractivity contribution in [3.05, 3.63) is 28.8 Å². The maximum absolute atomic E-state index is 12.9. The third kappa shape index (κ3) is 4.38. The number of aromatic hydroxyl groups is 1. The van der Waals surface area contributed by atoms with Gasteiger partial charge in [-0.2, -0.15) is 0 Å². The van der Waals surface area contributed by atoms with Crippen molar-refractivity contribution in [3.63, 3.8) is 0 Å². The number of carbonyl (C=O) groups excluding carboxylic acids is 1. The van der Waals surface area contributed by atoms with Gasteiger partial charge in [-0.25, -0.2) is 0 Å². The van der Waals surface area contributed by atoms with E-state index in [4.69, 9.17) is 4.74 Å². The smallest absolute Gasteiger partial charge is 0.225 e. The Morgan fingerprint density at radius 2 is 1.69 bits per heavy atom. The number of morpholine rings is 1. The van der Waals surface area contributed by atoms with Crippen LogP contribution in [0.15, 0.2) is 12.1 Å². The maximum atomic E-state index is 12.9. The van der Waals surface area contributed by atoms with Gasteiger partial charge in [-0.3, -0.25) is 9.69 Å². The summed E-state index contributed by atoms with van der Waals surface area (Å²) in [5.41, 5.74) is 3.30. The Labute approximate surface area is 156 Å². The van der Waals surface area contributed by atoms with Crippen LogP contribution in [-0.2, 0) is 16.1 Å². The molecule has 3 rings (SSSR count). The lowest BCUT2D eigenvalue weighted by atomic mass is 9.94. The van der Waals surface area contributed by atoms with Gasteiger partial charge in [0, 0.05) is 31.1 Å². The molecule has 2 aliphatic heterocycles. The zero-order chi connectivity index (χ0) is 18.8. The minimum atomic E-state index is 0.121. The third-order valence-electron chi connectivity index (χ3n) is 5.76. The largest absolute Gasteiger partial charge is 0.508 e. The van der Waals surface area contributed by atoms with E-state index in [0.717, 1.165) is 43.6 Å². The van der Waals surface area contributed by atoms with Gasteiger partial charge in [-0.15, -0.1) is 0 Å². The van der Waals surface area contributed by atoms with Crippen LogP contribution >= 0.6 is 0 Å². The average Bonchev–Trinajstić information content (AvgIpc) is 2.59. The topological polar surface area (TPSA) is 53.0 Å². The summed E-state index contributed by atoms with van der Waals surface area (Å²) < 4.78 is 5.74. The highest BCUT2D eigenvalue weighted by Gasteiger charge is 2.32. The predicted octanol–water partition coefficient (Wildman–Crippen LogP) is 2.86. The van der Waals surface area contributed by atoms with Crippen LogP contribution in [0.3, 0.4) is 0 Å². The standard InChI is InChI=1S/C21H32N2O3/c1-14-9-19(20(24)10-15(14)2)13-22-7-5-18(6-8-22)21(25)23-11-16(3)26-17(4)12-23/h9-10,16-18,24H,5-8,11-13H2,1-4H3. The Bertz CT molecular complexity index is 643. The summed E-state index contributed by atoms with van der Waals surface area (Å²) in [7, 11) is 0. The van der Waals surface area contributed by atoms with Crippen molar-refractivity contribution >= 4 is 5.91 Å². The summed E-state index contributed by atoms with van der Waals surface area (Å²) in [6.07, 6.45) is 2.03. The molecule has 144 valence electrons. The first kappa shape index (κ1) is 19.2. The van der Waals surface area contributed by atoms with Crippen molar-refractivity contribution in [3.8, 4) is 5.75 Å². The molecule has 5 nitrogen and oxygen atoms in total. The summed E-state index contributed by atoms with van der Waals surface area (Å²) in [4.78, 5) is 17.2. The Morgan fingerprint density at radius 3 is 2.31 bits per heavy atom. The van der Waals surface area contributed by atoms with E-state index in [1.165, 1.54) is 5.56 Å². The van der Waals surface area contributed by atoms with Gasteiger partial charge in [-0.1, -0.05) is 6.07 Å². The van der Waals surface area contributed by atoms with Crippen LogP contribution < -0.4 is 0 Å². The lowest BCUT2D eigenvalue weighted by Crippen LogP contribution is -2.51. The molecule has 1 amide bonds. The molecular formula is C21H32N2O3. The Balaban J connectivity index is 1.54. The molecule has 0 spiro atoms. The summed E-state index contributed by atoms with van der Waals surface area (Å²) in [5, 5.41) is 10.2. The molecule has 2 fully saturated rings. The van der Waals surface area contributed by atoms with Crippen LogP contribution in [0.4, 0.5) is 0 Å². The number of hydrogen-bond acceptors (Lipinski definition) is 4. The van der Waals surface area contributed by atoms with E-state index in [1.807, 2.05) is 31.7 Å². The van der Waals surface area contributed by atoms with Gasteiger partial charge in [0.15, 0.2) is 0 Å². The van der Waals surface area contributed by atoms with Crippen LogP contribution in [0.2, 0.25) is 0 Å². The summed E-state index contributed by atoms with van der Waals surface area (Å²) >= 11 is 0. The third-order valence-corrected chi connectivity index (χ3v) is 5.76. The summed E-state index contributed by atoms with van der Waals surface area (Å²) in [6, 6.07) is 3.93. The first-order valence-corrected chi connectivity index (χ1v) is 9.79. The second-order valence-corrected chi connectivity index (χ2v) is 8.12. The molecule has 2 heterocycles. The molecule has 0 bridgehead atoms. The molecule has 0 radical (unpaired) electrons. The highest BCUT2D eigenvalue weighted by Crippen LogP contribution is 2.27. The molecule has 0 aliphatic carbocycles. The van der Waals surface area contributed by atoms with Gasteiger partial charge in [0.25, 0.3) is 0 Å². The van der Waals surface area contributed by atoms with Gasteiger partial charge in [0.1, 0.15) is 5.75 Å². The quantitative estimate of drug-likeness (QED) is 0.901. The Hall–Kier alpha value is -1.59. The molecule has 2 atom stereocenters. The monoisotopic (exact) mass is 360 g/mol. The van der Waals surface area contributed by atoms with Crippen molar-refractivity contribution in [1.29, 1.82) is 0 Å². The Morgan fingerprint density at radius 1 is 1.12 bits per heavy atom. The van der Waals surface area contributed by atoms with Crippen LogP contribution in [0.25, 0.3) is 0 Å². The molecule has 5 heteroatoms. The van der Waals surface area contributed by atoms with Gasteiger partial charge in [0.2, 0.25) is 5.91 Å². The summed E-state index contributed by atoms with van der Waals surface area (Å²) in [5.74, 6) is 0.792. The van der Waals surface area contributed by atoms with E-state index in [0.29, 0.717) is 24.7 Å². The highest BCUT2D eigenvalue weighted by atomic mass is 16.5. The first-order valence-electron chi connectivity index (χ1n) is 9.79. The molecule has 1 N–H and O–H groups in total. The van der Waals surface area contributed by atoms with Crippen LogP contribution in [0.5, 0.6) is 5.75 Å². The molecule has 2 aliphatic rings. The number of piperidine rings is 1. The zero-order valence-corrected chi connectivity index (χ0v) is 16.5. The number of rotatable bonds is 3. The maximum Gasteiger partial charge on any atom is 0.225 e. The average molecular weight is 360 g/mol. The van der Waals surface area contributed by atoms with Crippen molar-refractivity contribution < 1.29 is 14.6 Å². The number of aryl methyl sites for hydroxylation is 2. The molecule has 2 unspecified atom stereocenters. The lowest BCUT2D eigenvalue weighted by molar-refractivity contribution is -0.148. The number of carbonyl (C=O) groups is 1. The van der Waals surface area contributed by atoms with Crippen molar-refractivity contribution in [2.45, 2.75) is 59.3 Å². The van der Waals surface area contributed by atoms with Crippen molar-refractivity contribution in [1.82, 2.24) is 9.80 Å². The SMILES string of the molecule is Cc1cc(O)c(CN2CCC(C(=O)N3CC(C)OC(C)C3)CC2)cc1C. The second kappa shape index (κ2) is 7.97. The number of nitrogens with zero attached hydrogens (tertiary/aromatic N) is 2. The number of amides is 1. The predicted molar refractivity (Wildman–Crippen MR) is 102 cm³/mol. The number of benzene rings is 1. The van der Waals surface area contributed by atoms with E-state index in [-0.39, 0.29) is 18.1 Å². The van der Waals surface area contributed by atoms with E-state index >= 15 is 0 Å². The second-order valence-electron chi connectivity index (χ2n) is 8.12. The van der Waals surface area contributed by atoms with E-state index < -0.39 is 0 Å². The van der Waals surface area contributed by atoms with Crippen LogP contribution in [0.1, 0.15) is 43.4 Å². The molecule has 26 heavy (non-hydrogen) atoms. The fraction of sp³-hybridized carbons (Fsp3) is 0.667. The van der Waals surface area contributed by atoms with E-state index in [2.05, 4.69) is 17.9 Å². The fourth-order valence-electron chi connectivity index (χ4n) is 4.18. The molecular weight excluding hydrogens is 328 g/mol. The molecule has 0 aromatic heterocycles. The molecule has 1 aromatic rings. The van der Waals surface area contributed by atoms with Gasteiger partial charge < -0.3 is 14.7 Å². The fourth-order valence-corrected chi connectivity index (χ4v) is 4.18. The molecule has 1 aromatic carbocycles.